The predicted molar refractivity (Wildman–Crippen MR) is 57.0 cm³/mol. The number of benzene rings is 1. The molecule has 0 bridgehead atoms. The molecule has 88 valence electrons. The molecule has 2 aromatic rings. The van der Waals surface area contributed by atoms with E-state index in [2.05, 4.69) is 4.98 Å². The second kappa shape index (κ2) is 3.77. The van der Waals surface area contributed by atoms with E-state index in [4.69, 9.17) is 5.11 Å². The minimum Gasteiger partial charge on any atom is -0.478 e. The highest BCUT2D eigenvalue weighted by Gasteiger charge is 2.20. The Balaban J connectivity index is 2.93. The summed E-state index contributed by atoms with van der Waals surface area (Å²) in [4.78, 5) is 13.8. The van der Waals surface area contributed by atoms with E-state index in [1.807, 2.05) is 0 Å². The molecule has 5 nitrogen and oxygen atoms in total. The highest BCUT2D eigenvalue weighted by atomic mass is 32.3. The van der Waals surface area contributed by atoms with E-state index in [9.17, 15) is 17.1 Å². The predicted octanol–water partition coefficient (Wildman–Crippen LogP) is 1.59. The Kier molecular flexibility index (Phi) is 2.55. The van der Waals surface area contributed by atoms with Crippen LogP contribution in [0.5, 0.6) is 0 Å². The van der Waals surface area contributed by atoms with Crippen LogP contribution in [0.1, 0.15) is 10.4 Å². The third kappa shape index (κ3) is 2.09. The second-order valence-corrected chi connectivity index (χ2v) is 4.61. The van der Waals surface area contributed by atoms with E-state index in [1.54, 1.807) is 0 Å². The summed E-state index contributed by atoms with van der Waals surface area (Å²) < 4.78 is 34.9. The van der Waals surface area contributed by atoms with Crippen LogP contribution in [0.25, 0.3) is 10.9 Å². The van der Waals surface area contributed by atoms with E-state index >= 15 is 0 Å². The van der Waals surface area contributed by atoms with E-state index in [0.717, 1.165) is 6.07 Å². The van der Waals surface area contributed by atoms with Crippen LogP contribution < -0.4 is 0 Å². The van der Waals surface area contributed by atoms with Crippen LogP contribution in [-0.2, 0) is 10.2 Å². The highest BCUT2D eigenvalue weighted by Crippen LogP contribution is 2.24. The summed E-state index contributed by atoms with van der Waals surface area (Å²) in [6.45, 7) is 0. The zero-order chi connectivity index (χ0) is 12.6. The Labute approximate surface area is 95.7 Å². The molecule has 1 heterocycles. The topological polar surface area (TPSA) is 84.3 Å². The van der Waals surface area contributed by atoms with Gasteiger partial charge in [-0.25, -0.2) is 4.79 Å². The third-order valence-corrected chi connectivity index (χ3v) is 3.02. The zero-order valence-electron chi connectivity index (χ0n) is 8.29. The number of halogens is 1. The van der Waals surface area contributed by atoms with Gasteiger partial charge in [-0.3, -0.25) is 4.98 Å². The SMILES string of the molecule is O=C(O)c1cc(S(=O)(=O)F)c2ncccc2c1. The summed E-state index contributed by atoms with van der Waals surface area (Å²) in [5.41, 5.74) is -0.387. The van der Waals surface area contributed by atoms with Crippen molar-refractivity contribution in [2.24, 2.45) is 0 Å². The summed E-state index contributed by atoms with van der Waals surface area (Å²) in [6.07, 6.45) is 1.30. The number of carboxylic acids is 1. The summed E-state index contributed by atoms with van der Waals surface area (Å²) in [7, 11) is -5.01. The van der Waals surface area contributed by atoms with Crippen molar-refractivity contribution in [2.75, 3.05) is 0 Å². The first-order valence-electron chi connectivity index (χ1n) is 4.46. The van der Waals surface area contributed by atoms with Crippen molar-refractivity contribution in [1.82, 2.24) is 4.98 Å². The largest absolute Gasteiger partial charge is 0.478 e. The molecule has 0 spiro atoms. The Morgan fingerprint density at radius 3 is 2.65 bits per heavy atom. The van der Waals surface area contributed by atoms with Crippen molar-refractivity contribution in [3.05, 3.63) is 36.0 Å². The second-order valence-electron chi connectivity index (χ2n) is 3.29. The fourth-order valence-electron chi connectivity index (χ4n) is 1.47. The van der Waals surface area contributed by atoms with Gasteiger partial charge in [0.1, 0.15) is 4.90 Å². The molecule has 2 rings (SSSR count). The van der Waals surface area contributed by atoms with Gasteiger partial charge in [0.15, 0.2) is 0 Å². The molecule has 0 amide bonds. The molecule has 0 unspecified atom stereocenters. The lowest BCUT2D eigenvalue weighted by Crippen LogP contribution is -2.02. The summed E-state index contributed by atoms with van der Waals surface area (Å²) in [6, 6.07) is 4.96. The minimum absolute atomic E-state index is 0.0833. The summed E-state index contributed by atoms with van der Waals surface area (Å²) in [5.74, 6) is -1.33. The maximum Gasteiger partial charge on any atom is 0.335 e. The number of carboxylic acid groups (broad SMARTS) is 1. The van der Waals surface area contributed by atoms with E-state index in [-0.39, 0.29) is 16.5 Å². The van der Waals surface area contributed by atoms with E-state index < -0.39 is 21.1 Å². The lowest BCUT2D eigenvalue weighted by atomic mass is 10.1. The highest BCUT2D eigenvalue weighted by molar-refractivity contribution is 7.86. The van der Waals surface area contributed by atoms with E-state index in [0.29, 0.717) is 0 Å². The monoisotopic (exact) mass is 255 g/mol. The van der Waals surface area contributed by atoms with Crippen molar-refractivity contribution < 1.29 is 22.2 Å². The van der Waals surface area contributed by atoms with Gasteiger partial charge in [0.25, 0.3) is 0 Å². The van der Waals surface area contributed by atoms with Crippen LogP contribution in [0, 0.1) is 0 Å². The van der Waals surface area contributed by atoms with Crippen LogP contribution in [0.3, 0.4) is 0 Å². The van der Waals surface area contributed by atoms with Crippen LogP contribution in [0.2, 0.25) is 0 Å². The van der Waals surface area contributed by atoms with Gasteiger partial charge in [-0.2, -0.15) is 8.42 Å². The zero-order valence-corrected chi connectivity index (χ0v) is 9.11. The third-order valence-electron chi connectivity index (χ3n) is 2.18. The summed E-state index contributed by atoms with van der Waals surface area (Å²) >= 11 is 0. The lowest BCUT2D eigenvalue weighted by molar-refractivity contribution is 0.0697. The first kappa shape index (κ1) is 11.5. The van der Waals surface area contributed by atoms with Gasteiger partial charge >= 0.3 is 16.2 Å². The molecule has 7 heteroatoms. The van der Waals surface area contributed by atoms with E-state index in [1.165, 1.54) is 24.4 Å². The fourth-order valence-corrected chi connectivity index (χ4v) is 2.14. The van der Waals surface area contributed by atoms with Gasteiger partial charge in [0, 0.05) is 11.6 Å². The number of hydrogen-bond acceptors (Lipinski definition) is 4. The molecule has 0 aliphatic carbocycles. The Hall–Kier alpha value is -2.02. The van der Waals surface area contributed by atoms with Gasteiger partial charge in [0.2, 0.25) is 0 Å². The standard InChI is InChI=1S/C10H6FNO4S/c11-17(15,16)8-5-7(10(13)14)4-6-2-1-3-12-9(6)8/h1-5H,(H,13,14). The molecular formula is C10H6FNO4S. The molecular weight excluding hydrogens is 249 g/mol. The molecule has 17 heavy (non-hydrogen) atoms. The number of aromatic nitrogens is 1. The molecule has 1 aromatic carbocycles. The Morgan fingerprint density at radius 1 is 1.35 bits per heavy atom. The van der Waals surface area contributed by atoms with Gasteiger partial charge in [-0.15, -0.1) is 3.89 Å². The number of carbonyl (C=O) groups is 1. The number of rotatable bonds is 2. The maximum absolute atomic E-state index is 13.0. The normalized spacial score (nSPS) is 11.6. The first-order valence-corrected chi connectivity index (χ1v) is 5.84. The van der Waals surface area contributed by atoms with Crippen LogP contribution in [-0.4, -0.2) is 24.5 Å². The molecule has 0 fully saturated rings. The molecule has 1 aromatic heterocycles. The average Bonchev–Trinajstić information content (AvgIpc) is 2.26. The molecule has 0 saturated heterocycles. The number of pyridine rings is 1. The average molecular weight is 255 g/mol. The number of aromatic carboxylic acids is 1. The summed E-state index contributed by atoms with van der Waals surface area (Å²) in [5, 5.41) is 9.05. The minimum atomic E-state index is -5.01. The Bertz CT molecular complexity index is 711. The maximum atomic E-state index is 13.0. The van der Waals surface area contributed by atoms with Crippen LogP contribution >= 0.6 is 0 Å². The van der Waals surface area contributed by atoms with Crippen LogP contribution in [0.4, 0.5) is 3.89 Å². The number of fused-ring (bicyclic) bond motifs is 1. The molecule has 0 atom stereocenters. The van der Waals surface area contributed by atoms with Crippen molar-refractivity contribution in [2.45, 2.75) is 4.90 Å². The molecule has 0 aliphatic rings. The smallest absolute Gasteiger partial charge is 0.335 e. The molecule has 0 aliphatic heterocycles. The first-order chi connectivity index (χ1) is 7.89. The Morgan fingerprint density at radius 2 is 2.06 bits per heavy atom. The fraction of sp³-hybridized carbons (Fsp3) is 0. The lowest BCUT2D eigenvalue weighted by Gasteiger charge is -2.03. The molecule has 0 saturated carbocycles. The van der Waals surface area contributed by atoms with Gasteiger partial charge in [-0.1, -0.05) is 6.07 Å². The molecule has 1 N–H and O–H groups in total. The van der Waals surface area contributed by atoms with Gasteiger partial charge < -0.3 is 5.11 Å². The van der Waals surface area contributed by atoms with Crippen molar-refractivity contribution >= 4 is 27.1 Å². The molecule has 0 radical (unpaired) electrons. The van der Waals surface area contributed by atoms with Crippen molar-refractivity contribution in [1.29, 1.82) is 0 Å². The van der Waals surface area contributed by atoms with Crippen LogP contribution in [0.15, 0.2) is 35.4 Å². The quantitative estimate of drug-likeness (QED) is 0.824. The van der Waals surface area contributed by atoms with Crippen molar-refractivity contribution in [3.63, 3.8) is 0 Å². The van der Waals surface area contributed by atoms with Gasteiger partial charge in [-0.05, 0) is 18.2 Å². The van der Waals surface area contributed by atoms with Gasteiger partial charge in [0.05, 0.1) is 11.1 Å². The van der Waals surface area contributed by atoms with Crippen molar-refractivity contribution in [3.8, 4) is 0 Å². The number of hydrogen-bond donors (Lipinski definition) is 1. The number of nitrogens with zero attached hydrogens (tertiary/aromatic N) is 1.